The van der Waals surface area contributed by atoms with Crippen LogP contribution in [0, 0.1) is 0 Å². The monoisotopic (exact) mass is 294 g/mol. The summed E-state index contributed by atoms with van der Waals surface area (Å²) in [5, 5.41) is 0.730. The van der Waals surface area contributed by atoms with Crippen LogP contribution in [0.1, 0.15) is 37.7 Å². The lowest BCUT2D eigenvalue weighted by atomic mass is 9.92. The predicted octanol–water partition coefficient (Wildman–Crippen LogP) is 3.61. The van der Waals surface area contributed by atoms with Gasteiger partial charge in [0.25, 0.3) is 0 Å². The molecule has 0 radical (unpaired) electrons. The molecule has 1 unspecified atom stereocenters. The lowest BCUT2D eigenvalue weighted by molar-refractivity contribution is 0.404. The van der Waals surface area contributed by atoms with Crippen LogP contribution in [0.25, 0.3) is 0 Å². The summed E-state index contributed by atoms with van der Waals surface area (Å²) in [6.45, 7) is 0. The van der Waals surface area contributed by atoms with Gasteiger partial charge in [-0.15, -0.1) is 0 Å². The second-order valence-corrected chi connectivity index (χ2v) is 5.77. The van der Waals surface area contributed by atoms with Crippen molar-refractivity contribution in [1.82, 2.24) is 5.43 Å². The van der Waals surface area contributed by atoms with Crippen LogP contribution >= 0.6 is 11.6 Å². The van der Waals surface area contributed by atoms with E-state index < -0.39 is 0 Å². The van der Waals surface area contributed by atoms with E-state index in [0.717, 1.165) is 29.2 Å². The highest BCUT2D eigenvalue weighted by Crippen LogP contribution is 2.27. The average molecular weight is 295 g/mol. The summed E-state index contributed by atoms with van der Waals surface area (Å²) < 4.78 is 5.39. The molecule has 1 aliphatic rings. The molecule has 20 heavy (non-hydrogen) atoms. The van der Waals surface area contributed by atoms with Crippen molar-refractivity contribution in [3.8, 4) is 5.75 Å². The van der Waals surface area contributed by atoms with Crippen molar-refractivity contribution in [3.05, 3.63) is 40.4 Å². The number of allylic oxidation sites excluding steroid dienone is 1. The fourth-order valence-corrected chi connectivity index (χ4v) is 2.96. The van der Waals surface area contributed by atoms with Gasteiger partial charge in [-0.05, 0) is 62.3 Å². The van der Waals surface area contributed by atoms with Gasteiger partial charge in [-0.25, -0.2) is 0 Å². The van der Waals surface area contributed by atoms with Gasteiger partial charge in [0.05, 0.1) is 7.11 Å². The van der Waals surface area contributed by atoms with Gasteiger partial charge in [0.15, 0.2) is 0 Å². The van der Waals surface area contributed by atoms with Crippen LogP contribution in [0.2, 0.25) is 5.02 Å². The number of nitrogens with one attached hydrogen (secondary N) is 1. The highest BCUT2D eigenvalue weighted by Gasteiger charge is 2.15. The van der Waals surface area contributed by atoms with Crippen LogP contribution in [0.5, 0.6) is 5.75 Å². The number of hydrogen-bond acceptors (Lipinski definition) is 3. The lowest BCUT2D eigenvalue weighted by Crippen LogP contribution is -2.37. The van der Waals surface area contributed by atoms with E-state index in [1.165, 1.54) is 31.3 Å². The average Bonchev–Trinajstić information content (AvgIpc) is 2.48. The Morgan fingerprint density at radius 3 is 2.85 bits per heavy atom. The van der Waals surface area contributed by atoms with Gasteiger partial charge in [-0.2, -0.15) is 0 Å². The fourth-order valence-electron chi connectivity index (χ4n) is 2.77. The maximum atomic E-state index is 6.07. The maximum Gasteiger partial charge on any atom is 0.122 e. The first-order valence-corrected chi connectivity index (χ1v) is 7.57. The number of rotatable bonds is 6. The zero-order valence-corrected chi connectivity index (χ0v) is 12.7. The van der Waals surface area contributed by atoms with E-state index in [1.54, 1.807) is 7.11 Å². The van der Waals surface area contributed by atoms with Gasteiger partial charge < -0.3 is 4.74 Å². The molecule has 1 aromatic rings. The van der Waals surface area contributed by atoms with E-state index in [0.29, 0.717) is 0 Å². The maximum absolute atomic E-state index is 6.07. The van der Waals surface area contributed by atoms with Crippen molar-refractivity contribution >= 4 is 11.6 Å². The molecule has 0 amide bonds. The molecule has 1 aromatic carbocycles. The molecule has 3 nitrogen and oxygen atoms in total. The summed E-state index contributed by atoms with van der Waals surface area (Å²) in [7, 11) is 1.68. The summed E-state index contributed by atoms with van der Waals surface area (Å²) in [5.41, 5.74) is 5.54. The molecule has 1 atom stereocenters. The number of nitrogens with two attached hydrogens (primary N) is 1. The largest absolute Gasteiger partial charge is 0.496 e. The Kier molecular flexibility index (Phi) is 5.89. The highest BCUT2D eigenvalue weighted by molar-refractivity contribution is 6.30. The molecule has 0 bridgehead atoms. The summed E-state index contributed by atoms with van der Waals surface area (Å²) in [6.07, 6.45) is 9.18. The Morgan fingerprint density at radius 1 is 1.35 bits per heavy atom. The summed E-state index contributed by atoms with van der Waals surface area (Å²) >= 11 is 6.07. The predicted molar refractivity (Wildman–Crippen MR) is 84.0 cm³/mol. The standard InChI is InChI=1S/C16H23ClN2O/c1-20-16-8-7-14(17)10-13(16)11-15(19-18)9-12-5-3-2-4-6-12/h5,7-8,10,15,19H,2-4,6,9,11,18H2,1H3. The minimum atomic E-state index is 0.215. The zero-order valence-electron chi connectivity index (χ0n) is 12.0. The van der Waals surface area contributed by atoms with Gasteiger partial charge in [-0.1, -0.05) is 23.3 Å². The lowest BCUT2D eigenvalue weighted by Gasteiger charge is -2.21. The third kappa shape index (κ3) is 4.23. The molecule has 0 spiro atoms. The second kappa shape index (κ2) is 7.67. The van der Waals surface area contributed by atoms with Crippen LogP contribution in [0.15, 0.2) is 29.8 Å². The van der Waals surface area contributed by atoms with Crippen molar-refractivity contribution in [2.45, 2.75) is 44.6 Å². The fraction of sp³-hybridized carbons (Fsp3) is 0.500. The number of halogens is 1. The van der Waals surface area contributed by atoms with E-state index in [4.69, 9.17) is 22.2 Å². The molecule has 0 saturated heterocycles. The van der Waals surface area contributed by atoms with E-state index in [1.807, 2.05) is 18.2 Å². The zero-order chi connectivity index (χ0) is 14.4. The Hall–Kier alpha value is -1.03. The van der Waals surface area contributed by atoms with Gasteiger partial charge in [-0.3, -0.25) is 11.3 Å². The van der Waals surface area contributed by atoms with Gasteiger partial charge in [0.1, 0.15) is 5.75 Å². The summed E-state index contributed by atoms with van der Waals surface area (Å²) in [5.74, 6) is 6.58. The SMILES string of the molecule is COc1ccc(Cl)cc1CC(CC1=CCCCC1)NN. The number of hydrazine groups is 1. The van der Waals surface area contributed by atoms with Gasteiger partial charge >= 0.3 is 0 Å². The normalized spacial score (nSPS) is 16.6. The molecule has 0 heterocycles. The molecule has 0 aliphatic heterocycles. The Labute approximate surface area is 126 Å². The topological polar surface area (TPSA) is 47.3 Å². The number of hydrogen-bond donors (Lipinski definition) is 2. The van der Waals surface area contributed by atoms with Gasteiger partial charge in [0, 0.05) is 11.1 Å². The molecular weight excluding hydrogens is 272 g/mol. The number of benzene rings is 1. The summed E-state index contributed by atoms with van der Waals surface area (Å²) in [4.78, 5) is 0. The van der Waals surface area contributed by atoms with Crippen molar-refractivity contribution in [3.63, 3.8) is 0 Å². The van der Waals surface area contributed by atoms with E-state index in [2.05, 4.69) is 11.5 Å². The molecule has 0 saturated carbocycles. The van der Waals surface area contributed by atoms with Crippen molar-refractivity contribution in [2.75, 3.05) is 7.11 Å². The molecule has 0 fully saturated rings. The smallest absolute Gasteiger partial charge is 0.122 e. The molecule has 3 N–H and O–H groups in total. The highest BCUT2D eigenvalue weighted by atomic mass is 35.5. The van der Waals surface area contributed by atoms with Crippen molar-refractivity contribution < 1.29 is 4.74 Å². The second-order valence-electron chi connectivity index (χ2n) is 5.34. The molecule has 1 aliphatic carbocycles. The van der Waals surface area contributed by atoms with E-state index in [-0.39, 0.29) is 6.04 Å². The quantitative estimate of drug-likeness (QED) is 0.479. The van der Waals surface area contributed by atoms with Crippen molar-refractivity contribution in [2.24, 2.45) is 5.84 Å². The van der Waals surface area contributed by atoms with Crippen molar-refractivity contribution in [1.29, 1.82) is 0 Å². The van der Waals surface area contributed by atoms with Crippen LogP contribution in [0.3, 0.4) is 0 Å². The first-order chi connectivity index (χ1) is 9.72. The van der Waals surface area contributed by atoms with Crippen LogP contribution < -0.4 is 16.0 Å². The minimum absolute atomic E-state index is 0.215. The van der Waals surface area contributed by atoms with Crippen LogP contribution in [-0.2, 0) is 6.42 Å². The Morgan fingerprint density at radius 2 is 2.20 bits per heavy atom. The first kappa shape index (κ1) is 15.4. The molecule has 4 heteroatoms. The molecule has 2 rings (SSSR count). The third-order valence-corrected chi connectivity index (χ3v) is 4.07. The molecular formula is C16H23ClN2O. The number of ether oxygens (including phenoxy) is 1. The Balaban J connectivity index is 2.05. The Bertz CT molecular complexity index is 474. The van der Waals surface area contributed by atoms with Crippen LogP contribution in [-0.4, -0.2) is 13.2 Å². The van der Waals surface area contributed by atoms with E-state index in [9.17, 15) is 0 Å². The number of methoxy groups -OCH3 is 1. The third-order valence-electron chi connectivity index (χ3n) is 3.84. The van der Waals surface area contributed by atoms with Gasteiger partial charge in [0.2, 0.25) is 0 Å². The first-order valence-electron chi connectivity index (χ1n) is 7.19. The summed E-state index contributed by atoms with van der Waals surface area (Å²) in [6, 6.07) is 5.93. The molecule has 110 valence electrons. The van der Waals surface area contributed by atoms with E-state index >= 15 is 0 Å². The minimum Gasteiger partial charge on any atom is -0.496 e. The van der Waals surface area contributed by atoms with Crippen LogP contribution in [0.4, 0.5) is 0 Å². The molecule has 0 aromatic heterocycles.